The summed E-state index contributed by atoms with van der Waals surface area (Å²) < 4.78 is 20.7. The number of benzene rings is 1. The van der Waals surface area contributed by atoms with Gasteiger partial charge < -0.3 is 20.2 Å². The van der Waals surface area contributed by atoms with Crippen LogP contribution in [0.15, 0.2) is 42.6 Å². The molecule has 0 spiro atoms. The van der Waals surface area contributed by atoms with Gasteiger partial charge in [0.15, 0.2) is 0 Å². The summed E-state index contributed by atoms with van der Waals surface area (Å²) in [7, 11) is 0. The van der Waals surface area contributed by atoms with Gasteiger partial charge >= 0.3 is 11.8 Å². The number of ether oxygens (including phenoxy) is 1. The predicted octanol–water partition coefficient (Wildman–Crippen LogP) is 3.39. The lowest BCUT2D eigenvalue weighted by molar-refractivity contribution is -0.389. The summed E-state index contributed by atoms with van der Waals surface area (Å²) in [6, 6.07) is 10.5. The van der Waals surface area contributed by atoms with Crippen molar-refractivity contribution in [2.45, 2.75) is 32.0 Å². The van der Waals surface area contributed by atoms with Crippen LogP contribution in [0.2, 0.25) is 0 Å². The largest absolute Gasteiger partial charge is 0.436 e. The lowest BCUT2D eigenvalue weighted by Crippen LogP contribution is -2.46. The van der Waals surface area contributed by atoms with Gasteiger partial charge in [-0.15, -0.1) is 0 Å². The number of fused-ring (bicyclic) bond motifs is 2. The van der Waals surface area contributed by atoms with Crippen LogP contribution in [0.4, 0.5) is 21.7 Å². The highest BCUT2D eigenvalue weighted by Gasteiger charge is 2.41. The number of halogens is 1. The molecule has 2 aliphatic rings. The Morgan fingerprint density at radius 1 is 1.25 bits per heavy atom. The lowest BCUT2D eigenvalue weighted by Gasteiger charge is -2.34. The van der Waals surface area contributed by atoms with Crippen molar-refractivity contribution in [3.63, 3.8) is 0 Å². The minimum absolute atomic E-state index is 0. The van der Waals surface area contributed by atoms with Crippen molar-refractivity contribution in [2.75, 3.05) is 18.4 Å². The second kappa shape index (κ2) is 8.40. The molecule has 2 aliphatic heterocycles. The van der Waals surface area contributed by atoms with Gasteiger partial charge in [-0.05, 0) is 47.7 Å². The van der Waals surface area contributed by atoms with Gasteiger partial charge in [-0.1, -0.05) is 6.07 Å². The standard InChI is InChI=1S/C21H21FN6O3.H2S/c1-21(13-27-11-19(28(29)30)25-20(27)31-21)12-26-9-8-17-14(10-26)2-7-18(24-17)23-16-5-3-15(22)4-6-16;/h2-7,11H,8-10,12-13H2,1H3,(H,23,24);1H2/t21-;/m0./s1. The van der Waals surface area contributed by atoms with Crippen molar-refractivity contribution in [3.8, 4) is 6.01 Å². The molecule has 9 nitrogen and oxygen atoms in total. The van der Waals surface area contributed by atoms with Crippen LogP contribution in [0.3, 0.4) is 0 Å². The van der Waals surface area contributed by atoms with E-state index in [2.05, 4.69) is 21.3 Å². The van der Waals surface area contributed by atoms with Crippen LogP contribution in [-0.4, -0.2) is 43.0 Å². The summed E-state index contributed by atoms with van der Waals surface area (Å²) in [5, 5.41) is 14.1. The Bertz CT molecular complexity index is 1130. The number of hydrogen-bond acceptors (Lipinski definition) is 7. The number of pyridine rings is 1. The molecule has 1 atom stereocenters. The number of hydrogen-bond donors (Lipinski definition) is 1. The van der Waals surface area contributed by atoms with Gasteiger partial charge in [-0.3, -0.25) is 9.47 Å². The van der Waals surface area contributed by atoms with Crippen molar-refractivity contribution < 1.29 is 14.1 Å². The monoisotopic (exact) mass is 458 g/mol. The van der Waals surface area contributed by atoms with E-state index in [1.165, 1.54) is 18.3 Å². The molecule has 0 amide bonds. The highest BCUT2D eigenvalue weighted by Crippen LogP contribution is 2.32. The van der Waals surface area contributed by atoms with Crippen molar-refractivity contribution in [3.05, 3.63) is 69.8 Å². The van der Waals surface area contributed by atoms with E-state index in [0.717, 1.165) is 42.3 Å². The number of nitro groups is 1. The first-order chi connectivity index (χ1) is 14.9. The first kappa shape index (κ1) is 22.0. The highest BCUT2D eigenvalue weighted by molar-refractivity contribution is 7.59. The van der Waals surface area contributed by atoms with Gasteiger partial charge in [-0.2, -0.15) is 13.5 Å². The normalized spacial score (nSPS) is 19.4. The topological polar surface area (TPSA) is 98.4 Å². The van der Waals surface area contributed by atoms with Gasteiger partial charge in [0.25, 0.3) is 0 Å². The summed E-state index contributed by atoms with van der Waals surface area (Å²) in [5.41, 5.74) is 2.50. The average Bonchev–Trinajstić information content (AvgIpc) is 3.25. The minimum Gasteiger partial charge on any atom is -0.436 e. The first-order valence-corrected chi connectivity index (χ1v) is 10.0. The molecule has 0 aliphatic carbocycles. The summed E-state index contributed by atoms with van der Waals surface area (Å²) in [4.78, 5) is 21.3. The number of anilines is 2. The van der Waals surface area contributed by atoms with Crippen LogP contribution >= 0.6 is 13.5 Å². The van der Waals surface area contributed by atoms with Crippen LogP contribution in [-0.2, 0) is 19.5 Å². The predicted molar refractivity (Wildman–Crippen MR) is 121 cm³/mol. The molecule has 0 bridgehead atoms. The molecule has 168 valence electrons. The Balaban J connectivity index is 0.00000245. The second-order valence-corrected chi connectivity index (χ2v) is 8.21. The third-order valence-corrected chi connectivity index (χ3v) is 5.56. The van der Waals surface area contributed by atoms with Crippen LogP contribution in [0.1, 0.15) is 18.2 Å². The molecule has 0 saturated heterocycles. The van der Waals surface area contributed by atoms with Gasteiger partial charge in [0, 0.05) is 42.4 Å². The Kier molecular flexibility index (Phi) is 5.78. The summed E-state index contributed by atoms with van der Waals surface area (Å²) >= 11 is 0. The fourth-order valence-electron chi connectivity index (χ4n) is 4.20. The molecular weight excluding hydrogens is 435 g/mol. The zero-order chi connectivity index (χ0) is 21.6. The minimum atomic E-state index is -0.514. The Hall–Kier alpha value is -3.18. The molecular formula is C21H23FN6O3S. The smallest absolute Gasteiger partial charge is 0.415 e. The lowest BCUT2D eigenvalue weighted by atomic mass is 10.0. The fraction of sp³-hybridized carbons (Fsp3) is 0.333. The molecule has 0 saturated carbocycles. The SMILES string of the molecule is C[C@]1(CN2CCc3nc(Nc4ccc(F)cc4)ccc3C2)Cn2cc([N+](=O)[O-])nc2O1.S. The van der Waals surface area contributed by atoms with Crippen LogP contribution in [0.25, 0.3) is 0 Å². The van der Waals surface area contributed by atoms with Gasteiger partial charge in [0.1, 0.15) is 23.4 Å². The van der Waals surface area contributed by atoms with E-state index >= 15 is 0 Å². The van der Waals surface area contributed by atoms with E-state index in [0.29, 0.717) is 19.1 Å². The molecule has 4 heterocycles. The Morgan fingerprint density at radius 3 is 2.75 bits per heavy atom. The second-order valence-electron chi connectivity index (χ2n) is 8.21. The van der Waals surface area contributed by atoms with Crippen LogP contribution < -0.4 is 10.1 Å². The number of nitrogens with zero attached hydrogens (tertiary/aromatic N) is 5. The molecule has 1 N–H and O–H groups in total. The maximum absolute atomic E-state index is 13.1. The number of imidazole rings is 1. The van der Waals surface area contributed by atoms with E-state index < -0.39 is 10.5 Å². The van der Waals surface area contributed by atoms with Crippen LogP contribution in [0.5, 0.6) is 6.01 Å². The van der Waals surface area contributed by atoms with Crippen molar-refractivity contribution in [1.29, 1.82) is 0 Å². The molecule has 5 rings (SSSR count). The van der Waals surface area contributed by atoms with Gasteiger partial charge in [0.2, 0.25) is 0 Å². The first-order valence-electron chi connectivity index (χ1n) is 10.0. The highest BCUT2D eigenvalue weighted by atomic mass is 32.1. The number of rotatable bonds is 5. The summed E-state index contributed by atoms with van der Waals surface area (Å²) in [6.07, 6.45) is 2.23. The number of nitrogens with one attached hydrogen (secondary N) is 1. The van der Waals surface area contributed by atoms with E-state index in [9.17, 15) is 14.5 Å². The third-order valence-electron chi connectivity index (χ3n) is 5.56. The molecule has 11 heteroatoms. The van der Waals surface area contributed by atoms with Crippen molar-refractivity contribution in [2.24, 2.45) is 0 Å². The van der Waals surface area contributed by atoms with Gasteiger partial charge in [-0.25, -0.2) is 9.37 Å². The molecule has 3 aromatic rings. The maximum atomic E-state index is 13.1. The maximum Gasteiger partial charge on any atom is 0.415 e. The van der Waals surface area contributed by atoms with Crippen molar-refractivity contribution >= 4 is 30.8 Å². The zero-order valence-corrected chi connectivity index (χ0v) is 18.4. The van der Waals surface area contributed by atoms with E-state index in [1.54, 1.807) is 16.7 Å². The molecule has 2 aromatic heterocycles. The third kappa shape index (κ3) is 4.39. The average molecular weight is 459 g/mol. The van der Waals surface area contributed by atoms with E-state index in [-0.39, 0.29) is 25.1 Å². The molecule has 32 heavy (non-hydrogen) atoms. The zero-order valence-electron chi connectivity index (χ0n) is 17.4. The molecule has 0 unspecified atom stereocenters. The van der Waals surface area contributed by atoms with E-state index in [1.807, 2.05) is 13.0 Å². The summed E-state index contributed by atoms with van der Waals surface area (Å²) in [5.74, 6) is 0.266. The van der Waals surface area contributed by atoms with Crippen molar-refractivity contribution in [1.82, 2.24) is 19.4 Å². The Labute approximate surface area is 190 Å². The summed E-state index contributed by atoms with van der Waals surface area (Å²) in [6.45, 7) is 4.78. The quantitative estimate of drug-likeness (QED) is 0.462. The fourth-order valence-corrected chi connectivity index (χ4v) is 4.20. The molecule has 0 fully saturated rings. The molecule has 0 radical (unpaired) electrons. The Morgan fingerprint density at radius 2 is 2.03 bits per heavy atom. The van der Waals surface area contributed by atoms with E-state index in [4.69, 9.17) is 9.72 Å². The van der Waals surface area contributed by atoms with Crippen LogP contribution in [0, 0.1) is 15.9 Å². The van der Waals surface area contributed by atoms with Gasteiger partial charge in [0.05, 0.1) is 6.54 Å². The molecule has 1 aromatic carbocycles. The number of aromatic nitrogens is 3.